The summed E-state index contributed by atoms with van der Waals surface area (Å²) in [7, 11) is -3.50. The predicted molar refractivity (Wildman–Crippen MR) is 120 cm³/mol. The summed E-state index contributed by atoms with van der Waals surface area (Å²) in [5.41, 5.74) is 5.50. The summed E-state index contributed by atoms with van der Waals surface area (Å²) in [6.45, 7) is 4.10. The molecule has 1 amide bonds. The largest absolute Gasteiger partial charge is 0.361 e. The van der Waals surface area contributed by atoms with Gasteiger partial charge in [0.25, 0.3) is 5.91 Å². The number of para-hydroxylation sites is 1. The SMILES string of the molecule is Cc1ccc(S(=O)(=O)N2CC[NH+](CC(=O)NN=Cc3c[nH]c4ccccc34)CC2)cc1. The molecule has 2 aromatic carbocycles. The molecule has 31 heavy (non-hydrogen) atoms. The van der Waals surface area contributed by atoms with Gasteiger partial charge in [0, 0.05) is 22.7 Å². The Morgan fingerprint density at radius 1 is 1.16 bits per heavy atom. The van der Waals surface area contributed by atoms with Gasteiger partial charge in [-0.25, -0.2) is 13.8 Å². The molecular formula is C22H26N5O3S+. The fraction of sp³-hybridized carbons (Fsp3) is 0.273. The number of amides is 1. The summed E-state index contributed by atoms with van der Waals surface area (Å²) in [6, 6.07) is 14.8. The van der Waals surface area contributed by atoms with E-state index >= 15 is 0 Å². The Morgan fingerprint density at radius 3 is 2.61 bits per heavy atom. The number of rotatable bonds is 6. The van der Waals surface area contributed by atoms with Crippen LogP contribution in [0.25, 0.3) is 10.9 Å². The minimum absolute atomic E-state index is 0.194. The number of piperazine rings is 1. The molecule has 162 valence electrons. The van der Waals surface area contributed by atoms with Crippen LogP contribution in [0, 0.1) is 6.92 Å². The van der Waals surface area contributed by atoms with Gasteiger partial charge in [0.15, 0.2) is 6.54 Å². The molecule has 3 aromatic rings. The third kappa shape index (κ3) is 4.84. The number of hydrazone groups is 1. The molecule has 1 aromatic heterocycles. The van der Waals surface area contributed by atoms with Gasteiger partial charge in [0.2, 0.25) is 10.0 Å². The van der Waals surface area contributed by atoms with Crippen LogP contribution in [0.15, 0.2) is 64.7 Å². The number of nitrogens with zero attached hydrogens (tertiary/aromatic N) is 2. The second kappa shape index (κ2) is 9.01. The van der Waals surface area contributed by atoms with Crippen molar-refractivity contribution in [3.63, 3.8) is 0 Å². The monoisotopic (exact) mass is 440 g/mol. The molecule has 0 unspecified atom stereocenters. The molecule has 1 fully saturated rings. The van der Waals surface area contributed by atoms with E-state index in [1.807, 2.05) is 37.4 Å². The average Bonchev–Trinajstić information content (AvgIpc) is 3.18. The molecule has 8 nitrogen and oxygen atoms in total. The van der Waals surface area contributed by atoms with Crippen molar-refractivity contribution in [2.45, 2.75) is 11.8 Å². The molecule has 1 aliphatic rings. The number of nitrogens with one attached hydrogen (secondary N) is 3. The van der Waals surface area contributed by atoms with E-state index in [9.17, 15) is 13.2 Å². The Balaban J connectivity index is 1.27. The number of sulfonamides is 1. The number of carbonyl (C=O) groups is 1. The molecule has 0 bridgehead atoms. The van der Waals surface area contributed by atoms with Gasteiger partial charge < -0.3 is 9.88 Å². The van der Waals surface area contributed by atoms with Crippen molar-refractivity contribution in [2.75, 3.05) is 32.7 Å². The quantitative estimate of drug-likeness (QED) is 0.385. The maximum absolute atomic E-state index is 12.8. The highest BCUT2D eigenvalue weighted by molar-refractivity contribution is 7.89. The summed E-state index contributed by atoms with van der Waals surface area (Å²) >= 11 is 0. The number of hydrogen-bond acceptors (Lipinski definition) is 4. The van der Waals surface area contributed by atoms with Crippen molar-refractivity contribution in [3.8, 4) is 0 Å². The van der Waals surface area contributed by atoms with Crippen molar-refractivity contribution in [3.05, 3.63) is 65.9 Å². The first-order valence-electron chi connectivity index (χ1n) is 10.2. The van der Waals surface area contributed by atoms with Crippen LogP contribution < -0.4 is 10.3 Å². The number of fused-ring (bicyclic) bond motifs is 1. The van der Waals surface area contributed by atoms with Crippen LogP contribution in [0.4, 0.5) is 0 Å². The maximum Gasteiger partial charge on any atom is 0.295 e. The minimum Gasteiger partial charge on any atom is -0.361 e. The third-order valence-corrected chi connectivity index (χ3v) is 7.43. The number of benzene rings is 2. The lowest BCUT2D eigenvalue weighted by atomic mass is 10.2. The number of aromatic amines is 1. The highest BCUT2D eigenvalue weighted by Crippen LogP contribution is 2.16. The second-order valence-corrected chi connectivity index (χ2v) is 9.66. The number of H-pyrrole nitrogens is 1. The van der Waals surface area contributed by atoms with Crippen molar-refractivity contribution in [2.24, 2.45) is 5.10 Å². The molecular weight excluding hydrogens is 414 g/mol. The number of hydrogen-bond donors (Lipinski definition) is 3. The molecule has 3 N–H and O–H groups in total. The van der Waals surface area contributed by atoms with E-state index < -0.39 is 10.0 Å². The highest BCUT2D eigenvalue weighted by atomic mass is 32.2. The smallest absolute Gasteiger partial charge is 0.295 e. The zero-order valence-electron chi connectivity index (χ0n) is 17.3. The number of aryl methyl sites for hydroxylation is 1. The second-order valence-electron chi connectivity index (χ2n) is 7.73. The lowest BCUT2D eigenvalue weighted by molar-refractivity contribution is -0.895. The van der Waals surface area contributed by atoms with Crippen LogP contribution in [0.1, 0.15) is 11.1 Å². The van der Waals surface area contributed by atoms with E-state index in [0.29, 0.717) is 31.1 Å². The standard InChI is InChI=1S/C22H25N5O3S/c1-17-6-8-19(9-7-17)31(29,30)27-12-10-26(11-13-27)16-22(28)25-24-15-18-14-23-21-5-3-2-4-20(18)21/h2-9,14-15,23H,10-13,16H2,1H3,(H,25,28)/p+1. The third-order valence-electron chi connectivity index (χ3n) is 5.51. The summed E-state index contributed by atoms with van der Waals surface area (Å²) < 4.78 is 27.1. The Kier molecular flexibility index (Phi) is 6.17. The molecule has 0 aliphatic carbocycles. The van der Waals surface area contributed by atoms with Gasteiger partial charge in [0.1, 0.15) is 0 Å². The molecule has 1 saturated heterocycles. The van der Waals surface area contributed by atoms with E-state index in [0.717, 1.165) is 26.9 Å². The van der Waals surface area contributed by atoms with Crippen molar-refractivity contribution in [1.82, 2.24) is 14.7 Å². The molecule has 9 heteroatoms. The van der Waals surface area contributed by atoms with Gasteiger partial charge in [-0.3, -0.25) is 4.79 Å². The van der Waals surface area contributed by atoms with E-state index in [2.05, 4.69) is 15.5 Å². The fourth-order valence-electron chi connectivity index (χ4n) is 3.72. The van der Waals surface area contributed by atoms with E-state index in [1.165, 1.54) is 4.31 Å². The molecule has 0 saturated carbocycles. The van der Waals surface area contributed by atoms with E-state index in [1.54, 1.807) is 30.5 Å². The Labute approximate surface area is 181 Å². The summed E-state index contributed by atoms with van der Waals surface area (Å²) in [5.74, 6) is -0.194. The molecule has 0 atom stereocenters. The lowest BCUT2D eigenvalue weighted by Gasteiger charge is -2.31. The lowest BCUT2D eigenvalue weighted by Crippen LogP contribution is -3.15. The Morgan fingerprint density at radius 2 is 1.87 bits per heavy atom. The first-order valence-corrected chi connectivity index (χ1v) is 11.7. The topological polar surface area (TPSA) is 99.1 Å². The van der Waals surface area contributed by atoms with Crippen LogP contribution in [0.5, 0.6) is 0 Å². The zero-order valence-corrected chi connectivity index (χ0v) is 18.2. The van der Waals surface area contributed by atoms with Crippen LogP contribution in [0.2, 0.25) is 0 Å². The van der Waals surface area contributed by atoms with Crippen LogP contribution in [-0.4, -0.2) is 62.6 Å². The molecule has 2 heterocycles. The number of aromatic nitrogens is 1. The van der Waals surface area contributed by atoms with Crippen molar-refractivity contribution >= 4 is 33.0 Å². The fourth-order valence-corrected chi connectivity index (χ4v) is 5.16. The maximum atomic E-state index is 12.8. The highest BCUT2D eigenvalue weighted by Gasteiger charge is 2.31. The first kappa shape index (κ1) is 21.2. The summed E-state index contributed by atoms with van der Waals surface area (Å²) in [5, 5.41) is 5.11. The van der Waals surface area contributed by atoms with Crippen LogP contribution in [0.3, 0.4) is 0 Å². The predicted octanol–water partition coefficient (Wildman–Crippen LogP) is 0.516. The molecule has 0 radical (unpaired) electrons. The number of carbonyl (C=O) groups excluding carboxylic acids is 1. The van der Waals surface area contributed by atoms with Gasteiger partial charge in [-0.1, -0.05) is 35.9 Å². The van der Waals surface area contributed by atoms with Crippen LogP contribution in [-0.2, 0) is 14.8 Å². The zero-order chi connectivity index (χ0) is 21.8. The normalized spacial score (nSPS) is 16.2. The summed E-state index contributed by atoms with van der Waals surface area (Å²) in [6.07, 6.45) is 3.47. The average molecular weight is 441 g/mol. The van der Waals surface area contributed by atoms with Crippen molar-refractivity contribution in [1.29, 1.82) is 0 Å². The van der Waals surface area contributed by atoms with Gasteiger partial charge in [-0.2, -0.15) is 9.41 Å². The van der Waals surface area contributed by atoms with Gasteiger partial charge in [-0.15, -0.1) is 0 Å². The molecule has 1 aliphatic heterocycles. The number of quaternary nitrogens is 1. The van der Waals surface area contributed by atoms with Crippen molar-refractivity contribution < 1.29 is 18.1 Å². The minimum atomic E-state index is -3.50. The van der Waals surface area contributed by atoms with Gasteiger partial charge in [0.05, 0.1) is 37.3 Å². The molecule has 4 rings (SSSR count). The van der Waals surface area contributed by atoms with Gasteiger partial charge >= 0.3 is 0 Å². The van der Waals surface area contributed by atoms with Crippen LogP contribution >= 0.6 is 0 Å². The first-order chi connectivity index (χ1) is 14.9. The van der Waals surface area contributed by atoms with Gasteiger partial charge in [-0.05, 0) is 25.1 Å². The molecule has 0 spiro atoms. The van der Waals surface area contributed by atoms with E-state index in [4.69, 9.17) is 0 Å². The Hall–Kier alpha value is -3.01. The van der Waals surface area contributed by atoms with E-state index in [-0.39, 0.29) is 12.5 Å². The Bertz CT molecular complexity index is 1190. The summed E-state index contributed by atoms with van der Waals surface area (Å²) in [4.78, 5) is 16.8.